The van der Waals surface area contributed by atoms with E-state index in [9.17, 15) is 9.90 Å². The fourth-order valence-corrected chi connectivity index (χ4v) is 1.64. The zero-order valence-corrected chi connectivity index (χ0v) is 6.64. The minimum absolute atomic E-state index is 0.164. The van der Waals surface area contributed by atoms with E-state index >= 15 is 0 Å². The quantitative estimate of drug-likeness (QED) is 0.430. The van der Waals surface area contributed by atoms with Crippen LogP contribution in [0, 0.1) is 0 Å². The van der Waals surface area contributed by atoms with Crippen molar-refractivity contribution in [1.29, 1.82) is 0 Å². The van der Waals surface area contributed by atoms with Crippen molar-refractivity contribution in [2.75, 3.05) is 0 Å². The van der Waals surface area contributed by atoms with E-state index in [-0.39, 0.29) is 12.1 Å². The second-order valence-corrected chi connectivity index (χ2v) is 3.23. The normalized spacial score (nSPS) is 52.2. The maximum Gasteiger partial charge on any atom is 0.338 e. The number of hydrogen-bond donors (Lipinski definition) is 2. The fraction of sp³-hybridized carbons (Fsp3) is 0.857. The van der Waals surface area contributed by atoms with Gasteiger partial charge in [0.2, 0.25) is 0 Å². The highest BCUT2D eigenvalue weighted by Crippen LogP contribution is 2.30. The predicted octanol–water partition coefficient (Wildman–Crippen LogP) is -1.61. The Bertz CT molecular complexity index is 219. The number of carbonyl (C=O) groups is 1. The van der Waals surface area contributed by atoms with Crippen LogP contribution in [0.2, 0.25) is 0 Å². The van der Waals surface area contributed by atoms with Gasteiger partial charge in [0.25, 0.3) is 0 Å². The summed E-state index contributed by atoms with van der Waals surface area (Å²) in [4.78, 5) is 10.8. The average molecular weight is 173 g/mol. The van der Waals surface area contributed by atoms with E-state index in [2.05, 4.69) is 0 Å². The van der Waals surface area contributed by atoms with Crippen LogP contribution in [0.1, 0.15) is 6.92 Å². The van der Waals surface area contributed by atoms with Crippen LogP contribution >= 0.6 is 0 Å². The van der Waals surface area contributed by atoms with Gasteiger partial charge in [-0.3, -0.25) is 0 Å². The van der Waals surface area contributed by atoms with E-state index in [1.54, 1.807) is 6.92 Å². The van der Waals surface area contributed by atoms with Gasteiger partial charge in [-0.25, -0.2) is 4.79 Å². The number of carbonyl (C=O) groups excluding carboxylic acids is 1. The summed E-state index contributed by atoms with van der Waals surface area (Å²) in [6, 6.07) is -0.323. The van der Waals surface area contributed by atoms with Gasteiger partial charge < -0.3 is 20.3 Å². The Balaban J connectivity index is 2.19. The molecule has 2 aliphatic rings. The standard InChI is InChI=1S/C7H11NO4/c1-2-3(8)5-6(11-2)4(9)7(10)12-5/h2-6,9H,8H2,1H3/t2?,3?,4?,5-,6-/m1/s1. The minimum atomic E-state index is -1.16. The molecule has 2 fully saturated rings. The highest BCUT2D eigenvalue weighted by Gasteiger charge is 2.54. The van der Waals surface area contributed by atoms with Crippen LogP contribution in [0.4, 0.5) is 0 Å². The van der Waals surface area contributed by atoms with Crippen molar-refractivity contribution in [3.8, 4) is 0 Å². The van der Waals surface area contributed by atoms with Crippen molar-refractivity contribution in [2.45, 2.75) is 37.4 Å². The molecule has 0 amide bonds. The van der Waals surface area contributed by atoms with E-state index in [1.165, 1.54) is 0 Å². The van der Waals surface area contributed by atoms with Crippen LogP contribution < -0.4 is 5.73 Å². The minimum Gasteiger partial charge on any atom is -0.456 e. The largest absolute Gasteiger partial charge is 0.456 e. The summed E-state index contributed by atoms with van der Waals surface area (Å²) in [5, 5.41) is 9.25. The van der Waals surface area contributed by atoms with Crippen molar-refractivity contribution >= 4 is 5.97 Å². The summed E-state index contributed by atoms with van der Waals surface area (Å²) in [5.74, 6) is -0.632. The monoisotopic (exact) mass is 173 g/mol. The van der Waals surface area contributed by atoms with E-state index in [0.29, 0.717) is 0 Å². The summed E-state index contributed by atoms with van der Waals surface area (Å²) < 4.78 is 10.1. The van der Waals surface area contributed by atoms with Gasteiger partial charge in [0.15, 0.2) is 6.10 Å². The molecule has 0 aromatic heterocycles. The summed E-state index contributed by atoms with van der Waals surface area (Å²) in [5.41, 5.74) is 5.67. The molecular weight excluding hydrogens is 162 g/mol. The first-order chi connectivity index (χ1) is 5.61. The molecule has 68 valence electrons. The van der Waals surface area contributed by atoms with Crippen molar-refractivity contribution in [1.82, 2.24) is 0 Å². The number of rotatable bonds is 0. The Labute approximate surface area is 69.4 Å². The fourth-order valence-electron chi connectivity index (χ4n) is 1.64. The van der Waals surface area contributed by atoms with Gasteiger partial charge >= 0.3 is 5.97 Å². The molecule has 5 nitrogen and oxygen atoms in total. The zero-order chi connectivity index (χ0) is 8.88. The van der Waals surface area contributed by atoms with E-state index in [4.69, 9.17) is 15.2 Å². The van der Waals surface area contributed by atoms with E-state index in [1.807, 2.05) is 0 Å². The number of esters is 1. The third-order valence-electron chi connectivity index (χ3n) is 2.42. The number of ether oxygens (including phenoxy) is 2. The molecule has 0 saturated carbocycles. The van der Waals surface area contributed by atoms with Gasteiger partial charge in [-0.05, 0) is 6.92 Å². The molecule has 0 aliphatic carbocycles. The van der Waals surface area contributed by atoms with Crippen molar-refractivity contribution in [3.63, 3.8) is 0 Å². The first kappa shape index (κ1) is 7.97. The lowest BCUT2D eigenvalue weighted by atomic mass is 10.1. The molecule has 3 N–H and O–H groups in total. The smallest absolute Gasteiger partial charge is 0.338 e. The van der Waals surface area contributed by atoms with Gasteiger partial charge in [-0.15, -0.1) is 0 Å². The molecule has 0 aromatic rings. The Morgan fingerprint density at radius 2 is 2.17 bits per heavy atom. The highest BCUT2D eigenvalue weighted by atomic mass is 16.6. The first-order valence-electron chi connectivity index (χ1n) is 3.91. The Morgan fingerprint density at radius 1 is 1.50 bits per heavy atom. The molecule has 0 aromatic carbocycles. The molecule has 2 rings (SSSR count). The van der Waals surface area contributed by atoms with Gasteiger partial charge in [-0.1, -0.05) is 0 Å². The third kappa shape index (κ3) is 0.872. The number of fused-ring (bicyclic) bond motifs is 1. The summed E-state index contributed by atoms with van der Waals surface area (Å²) in [7, 11) is 0. The van der Waals surface area contributed by atoms with Crippen LogP contribution in [0.5, 0.6) is 0 Å². The second-order valence-electron chi connectivity index (χ2n) is 3.23. The third-order valence-corrected chi connectivity index (χ3v) is 2.42. The highest BCUT2D eigenvalue weighted by molar-refractivity contribution is 5.78. The van der Waals surface area contributed by atoms with Crippen LogP contribution in [0.25, 0.3) is 0 Å². The molecule has 3 unspecified atom stereocenters. The predicted molar refractivity (Wildman–Crippen MR) is 38.2 cm³/mol. The molecule has 0 radical (unpaired) electrons. The lowest BCUT2D eigenvalue weighted by molar-refractivity contribution is -0.149. The number of aliphatic hydroxyl groups excluding tert-OH is 1. The average Bonchev–Trinajstić information content (AvgIpc) is 2.43. The van der Waals surface area contributed by atoms with Crippen molar-refractivity contribution in [2.24, 2.45) is 5.73 Å². The second kappa shape index (κ2) is 2.42. The molecule has 5 atom stereocenters. The van der Waals surface area contributed by atoms with Crippen molar-refractivity contribution in [3.05, 3.63) is 0 Å². The van der Waals surface area contributed by atoms with Gasteiger partial charge in [0.1, 0.15) is 12.2 Å². The molecule has 2 aliphatic heterocycles. The molecule has 2 saturated heterocycles. The SMILES string of the molecule is CC1O[C@@H]2C(O)C(=O)O[C@@H]2C1N. The van der Waals surface area contributed by atoms with Crippen LogP contribution in [-0.2, 0) is 14.3 Å². The maximum absolute atomic E-state index is 10.8. The van der Waals surface area contributed by atoms with Crippen LogP contribution in [0.3, 0.4) is 0 Å². The first-order valence-corrected chi connectivity index (χ1v) is 3.91. The lowest BCUT2D eigenvalue weighted by Crippen LogP contribution is -2.39. The summed E-state index contributed by atoms with van der Waals surface area (Å²) in [6.45, 7) is 1.80. The summed E-state index contributed by atoms with van der Waals surface area (Å²) >= 11 is 0. The van der Waals surface area contributed by atoms with E-state index < -0.39 is 24.3 Å². The Morgan fingerprint density at radius 3 is 2.75 bits per heavy atom. The maximum atomic E-state index is 10.8. The molecule has 12 heavy (non-hydrogen) atoms. The molecule has 0 bridgehead atoms. The lowest BCUT2D eigenvalue weighted by Gasteiger charge is -2.12. The van der Waals surface area contributed by atoms with Crippen LogP contribution in [0.15, 0.2) is 0 Å². The van der Waals surface area contributed by atoms with Crippen molar-refractivity contribution < 1.29 is 19.4 Å². The van der Waals surface area contributed by atoms with Gasteiger partial charge in [0, 0.05) is 0 Å². The number of aliphatic hydroxyl groups is 1. The Kier molecular flexibility index (Phi) is 1.61. The van der Waals surface area contributed by atoms with Crippen LogP contribution in [-0.4, -0.2) is 41.5 Å². The topological polar surface area (TPSA) is 81.8 Å². The van der Waals surface area contributed by atoms with E-state index in [0.717, 1.165) is 0 Å². The molecule has 5 heteroatoms. The molecule has 2 heterocycles. The van der Waals surface area contributed by atoms with Gasteiger partial charge in [0.05, 0.1) is 12.1 Å². The summed E-state index contributed by atoms with van der Waals surface area (Å²) in [6.07, 6.45) is -2.36. The Hall–Kier alpha value is -0.650. The molecule has 0 spiro atoms. The number of hydrogen-bond acceptors (Lipinski definition) is 5. The van der Waals surface area contributed by atoms with Gasteiger partial charge in [-0.2, -0.15) is 0 Å². The number of nitrogens with two attached hydrogens (primary N) is 1. The zero-order valence-electron chi connectivity index (χ0n) is 6.64. The molecular formula is C7H11NO4.